The summed E-state index contributed by atoms with van der Waals surface area (Å²) in [5, 5.41) is 2.30. The first-order chi connectivity index (χ1) is 10.1. The molecule has 1 atom stereocenters. The summed E-state index contributed by atoms with van der Waals surface area (Å²) in [6, 6.07) is 5.03. The maximum absolute atomic E-state index is 12.5. The van der Waals surface area contributed by atoms with Gasteiger partial charge in [0.1, 0.15) is 6.04 Å². The summed E-state index contributed by atoms with van der Waals surface area (Å²) in [6.45, 7) is 0.930. The quantitative estimate of drug-likeness (QED) is 0.762. The molecule has 1 unspecified atom stereocenters. The van der Waals surface area contributed by atoms with Gasteiger partial charge in [-0.05, 0) is 36.6 Å². The van der Waals surface area contributed by atoms with Gasteiger partial charge in [-0.1, -0.05) is 12.1 Å². The molecule has 3 amide bonds. The smallest absolute Gasteiger partial charge is 0.255 e. The lowest BCUT2D eigenvalue weighted by molar-refractivity contribution is -0.136. The molecule has 1 aromatic rings. The molecule has 0 bridgehead atoms. The molecule has 0 aliphatic carbocycles. The summed E-state index contributed by atoms with van der Waals surface area (Å²) in [7, 11) is 0. The molecular formula is C15H17N3O3. The van der Waals surface area contributed by atoms with Crippen molar-refractivity contribution in [1.82, 2.24) is 10.2 Å². The van der Waals surface area contributed by atoms with E-state index < -0.39 is 6.04 Å². The molecule has 21 heavy (non-hydrogen) atoms. The third kappa shape index (κ3) is 2.31. The summed E-state index contributed by atoms with van der Waals surface area (Å²) >= 11 is 0. The number of benzene rings is 1. The van der Waals surface area contributed by atoms with Gasteiger partial charge >= 0.3 is 0 Å². The zero-order chi connectivity index (χ0) is 15.0. The molecular weight excluding hydrogens is 270 g/mol. The van der Waals surface area contributed by atoms with E-state index in [-0.39, 0.29) is 24.1 Å². The molecule has 1 aromatic carbocycles. The number of amides is 3. The van der Waals surface area contributed by atoms with Crippen LogP contribution in [0, 0.1) is 0 Å². The molecule has 3 rings (SSSR count). The Balaban J connectivity index is 1.88. The number of carbonyl (C=O) groups excluding carboxylic acids is 3. The van der Waals surface area contributed by atoms with Crippen molar-refractivity contribution >= 4 is 17.7 Å². The van der Waals surface area contributed by atoms with Crippen LogP contribution in [-0.4, -0.2) is 35.2 Å². The fourth-order valence-electron chi connectivity index (χ4n) is 3.04. The second kappa shape index (κ2) is 5.29. The van der Waals surface area contributed by atoms with Gasteiger partial charge in [0.2, 0.25) is 11.8 Å². The minimum absolute atomic E-state index is 0.140. The van der Waals surface area contributed by atoms with E-state index in [4.69, 9.17) is 5.73 Å². The van der Waals surface area contributed by atoms with Crippen LogP contribution < -0.4 is 11.1 Å². The second-order valence-electron chi connectivity index (χ2n) is 5.38. The van der Waals surface area contributed by atoms with Crippen LogP contribution >= 0.6 is 0 Å². The van der Waals surface area contributed by atoms with Crippen molar-refractivity contribution in [2.24, 2.45) is 5.73 Å². The first-order valence-corrected chi connectivity index (χ1v) is 7.07. The third-order valence-corrected chi connectivity index (χ3v) is 4.09. The monoisotopic (exact) mass is 287 g/mol. The molecule has 0 aromatic heterocycles. The third-order valence-electron chi connectivity index (χ3n) is 4.09. The fourth-order valence-corrected chi connectivity index (χ4v) is 3.04. The zero-order valence-corrected chi connectivity index (χ0v) is 11.6. The Morgan fingerprint density at radius 1 is 1.29 bits per heavy atom. The number of fused-ring (bicyclic) bond motifs is 1. The van der Waals surface area contributed by atoms with Gasteiger partial charge in [-0.2, -0.15) is 0 Å². The van der Waals surface area contributed by atoms with Gasteiger partial charge in [-0.15, -0.1) is 0 Å². The number of nitrogens with two attached hydrogens (primary N) is 1. The van der Waals surface area contributed by atoms with E-state index in [1.165, 1.54) is 0 Å². The zero-order valence-electron chi connectivity index (χ0n) is 11.6. The molecule has 2 aliphatic rings. The van der Waals surface area contributed by atoms with Crippen LogP contribution in [0.5, 0.6) is 0 Å². The Bertz CT molecular complexity index is 627. The van der Waals surface area contributed by atoms with E-state index in [1.807, 2.05) is 12.1 Å². The van der Waals surface area contributed by atoms with Crippen LogP contribution in [0.4, 0.5) is 0 Å². The highest BCUT2D eigenvalue weighted by molar-refractivity contribution is 6.05. The number of imide groups is 1. The van der Waals surface area contributed by atoms with Gasteiger partial charge in [0.25, 0.3) is 5.91 Å². The average Bonchev–Trinajstić information content (AvgIpc) is 2.78. The summed E-state index contributed by atoms with van der Waals surface area (Å²) in [6.07, 6.45) is 1.36. The minimum atomic E-state index is -0.562. The maximum Gasteiger partial charge on any atom is 0.255 e. The summed E-state index contributed by atoms with van der Waals surface area (Å²) in [4.78, 5) is 37.2. The highest BCUT2D eigenvalue weighted by Gasteiger charge is 2.39. The van der Waals surface area contributed by atoms with Crippen molar-refractivity contribution in [2.45, 2.75) is 31.8 Å². The number of hydrogen-bond donors (Lipinski definition) is 2. The van der Waals surface area contributed by atoms with E-state index in [1.54, 1.807) is 11.0 Å². The molecule has 3 N–H and O–H groups in total. The average molecular weight is 287 g/mol. The number of nitrogens with one attached hydrogen (secondary N) is 1. The lowest BCUT2D eigenvalue weighted by Crippen LogP contribution is -2.52. The van der Waals surface area contributed by atoms with E-state index in [0.717, 1.165) is 11.1 Å². The molecule has 0 spiro atoms. The van der Waals surface area contributed by atoms with Crippen LogP contribution in [0.1, 0.15) is 34.3 Å². The van der Waals surface area contributed by atoms with Gasteiger partial charge < -0.3 is 10.6 Å². The molecule has 1 fully saturated rings. The van der Waals surface area contributed by atoms with E-state index in [9.17, 15) is 14.4 Å². The van der Waals surface area contributed by atoms with Gasteiger partial charge in [0.05, 0.1) is 0 Å². The molecule has 2 aliphatic heterocycles. The summed E-state index contributed by atoms with van der Waals surface area (Å²) in [5.41, 5.74) is 8.26. The molecule has 1 saturated heterocycles. The molecule has 2 heterocycles. The standard InChI is InChI=1S/C15H17N3O3/c16-7-6-9-2-1-3-10-11(9)8-18(15(10)21)12-4-5-13(19)17-14(12)20/h1-3,12H,4-8,16H2,(H,17,19,20). The number of piperidine rings is 1. The molecule has 110 valence electrons. The number of carbonyl (C=O) groups is 3. The number of nitrogens with zero attached hydrogens (tertiary/aromatic N) is 1. The Kier molecular flexibility index (Phi) is 3.47. The van der Waals surface area contributed by atoms with E-state index in [2.05, 4.69) is 5.32 Å². The van der Waals surface area contributed by atoms with E-state index >= 15 is 0 Å². The van der Waals surface area contributed by atoms with Gasteiger partial charge in [0, 0.05) is 18.5 Å². The normalized spacial score (nSPS) is 21.5. The SMILES string of the molecule is NCCc1cccc2c1CN(C1CCC(=O)NC1=O)C2=O. The van der Waals surface area contributed by atoms with Crippen molar-refractivity contribution in [2.75, 3.05) is 6.54 Å². The Morgan fingerprint density at radius 3 is 2.81 bits per heavy atom. The van der Waals surface area contributed by atoms with Crippen molar-refractivity contribution in [1.29, 1.82) is 0 Å². The highest BCUT2D eigenvalue weighted by Crippen LogP contribution is 2.29. The first-order valence-electron chi connectivity index (χ1n) is 7.07. The molecule has 0 radical (unpaired) electrons. The minimum Gasteiger partial charge on any atom is -0.330 e. The predicted molar refractivity (Wildman–Crippen MR) is 75.2 cm³/mol. The molecule has 0 saturated carbocycles. The van der Waals surface area contributed by atoms with Crippen molar-refractivity contribution in [3.63, 3.8) is 0 Å². The maximum atomic E-state index is 12.5. The van der Waals surface area contributed by atoms with Gasteiger partial charge in [-0.3, -0.25) is 19.7 Å². The lowest BCUT2D eigenvalue weighted by atomic mass is 10.0. The van der Waals surface area contributed by atoms with Gasteiger partial charge in [0.15, 0.2) is 0 Å². The van der Waals surface area contributed by atoms with Gasteiger partial charge in [-0.25, -0.2) is 0 Å². The van der Waals surface area contributed by atoms with Crippen LogP contribution in [0.2, 0.25) is 0 Å². The highest BCUT2D eigenvalue weighted by atomic mass is 16.2. The molecule has 6 nitrogen and oxygen atoms in total. The second-order valence-corrected chi connectivity index (χ2v) is 5.38. The van der Waals surface area contributed by atoms with Crippen LogP contribution in [0.25, 0.3) is 0 Å². The van der Waals surface area contributed by atoms with Crippen molar-refractivity contribution in [3.8, 4) is 0 Å². The largest absolute Gasteiger partial charge is 0.330 e. The topological polar surface area (TPSA) is 92.5 Å². The summed E-state index contributed by atoms with van der Waals surface area (Å²) < 4.78 is 0. The Morgan fingerprint density at radius 2 is 2.10 bits per heavy atom. The Labute approximate surface area is 122 Å². The van der Waals surface area contributed by atoms with Crippen LogP contribution in [0.15, 0.2) is 18.2 Å². The summed E-state index contributed by atoms with van der Waals surface area (Å²) in [5.74, 6) is -0.796. The Hall–Kier alpha value is -2.21. The number of hydrogen-bond acceptors (Lipinski definition) is 4. The van der Waals surface area contributed by atoms with Crippen molar-refractivity contribution < 1.29 is 14.4 Å². The number of rotatable bonds is 3. The van der Waals surface area contributed by atoms with Crippen LogP contribution in [0.3, 0.4) is 0 Å². The van der Waals surface area contributed by atoms with Crippen LogP contribution in [-0.2, 0) is 22.6 Å². The molecule has 6 heteroatoms. The lowest BCUT2D eigenvalue weighted by Gasteiger charge is -2.29. The van der Waals surface area contributed by atoms with Crippen molar-refractivity contribution in [3.05, 3.63) is 34.9 Å². The van der Waals surface area contributed by atoms with E-state index in [0.29, 0.717) is 31.5 Å². The first kappa shape index (κ1) is 13.8. The predicted octanol–water partition coefficient (Wildman–Crippen LogP) is -0.0512. The fraction of sp³-hybridized carbons (Fsp3) is 0.400.